The van der Waals surface area contributed by atoms with E-state index in [-0.39, 0.29) is 11.1 Å². The molecule has 1 aliphatic rings. The second kappa shape index (κ2) is 4.50. The number of para-hydroxylation sites is 1. The summed E-state index contributed by atoms with van der Waals surface area (Å²) in [6, 6.07) is 11.6. The van der Waals surface area contributed by atoms with Gasteiger partial charge in [-0.15, -0.1) is 0 Å². The normalized spacial score (nSPS) is 19.7. The van der Waals surface area contributed by atoms with Crippen molar-refractivity contribution in [3.63, 3.8) is 0 Å². The number of hydrogen-bond donors (Lipinski definition) is 0. The van der Waals surface area contributed by atoms with Crippen LogP contribution in [0.4, 0.5) is 4.39 Å². The Hall–Kier alpha value is -2.06. The van der Waals surface area contributed by atoms with Crippen molar-refractivity contribution >= 4 is 15.9 Å². The minimum Gasteiger partial charge on any atom is -0.444 e. The Bertz CT molecular complexity index is 741. The molecule has 1 atom stereocenters. The predicted octanol–water partition coefficient (Wildman–Crippen LogP) is 4.10. The Morgan fingerprint density at radius 1 is 1.20 bits per heavy atom. The summed E-state index contributed by atoms with van der Waals surface area (Å²) in [5.41, 5.74) is 0.294. The van der Waals surface area contributed by atoms with Crippen LogP contribution in [0.15, 0.2) is 40.9 Å². The van der Waals surface area contributed by atoms with Crippen LogP contribution in [0.2, 0.25) is 0 Å². The lowest BCUT2D eigenvalue weighted by Crippen LogP contribution is -2.33. The van der Waals surface area contributed by atoms with Gasteiger partial charge in [0.25, 0.3) is 5.79 Å². The lowest BCUT2D eigenvalue weighted by molar-refractivity contribution is -0.0712. The lowest BCUT2D eigenvalue weighted by atomic mass is 10.0. The molecule has 0 aromatic heterocycles. The molecule has 20 heavy (non-hydrogen) atoms. The summed E-state index contributed by atoms with van der Waals surface area (Å²) in [7, 11) is 0. The monoisotopic (exact) mass is 333 g/mol. The lowest BCUT2D eigenvalue weighted by Gasteiger charge is -2.24. The average molecular weight is 334 g/mol. The van der Waals surface area contributed by atoms with E-state index in [2.05, 4.69) is 15.9 Å². The first-order valence-electron chi connectivity index (χ1n) is 5.91. The van der Waals surface area contributed by atoms with Crippen molar-refractivity contribution in [3.8, 4) is 17.6 Å². The van der Waals surface area contributed by atoms with Crippen molar-refractivity contribution in [1.82, 2.24) is 0 Å². The standard InChI is InChI=1S/C15H9BrFNO2/c1-15(13-9(8-18)4-2-6-11(13)17)19-12-7-3-5-10(16)14(12)20-15/h2-7H,1H3. The summed E-state index contributed by atoms with van der Waals surface area (Å²) in [6.45, 7) is 1.60. The molecule has 0 saturated carbocycles. The summed E-state index contributed by atoms with van der Waals surface area (Å²) in [5, 5.41) is 9.15. The van der Waals surface area contributed by atoms with Crippen LogP contribution in [0.1, 0.15) is 18.1 Å². The van der Waals surface area contributed by atoms with Gasteiger partial charge in [0, 0.05) is 6.92 Å². The zero-order valence-corrected chi connectivity index (χ0v) is 12.1. The van der Waals surface area contributed by atoms with Gasteiger partial charge < -0.3 is 9.47 Å². The summed E-state index contributed by atoms with van der Waals surface area (Å²) in [5.74, 6) is -0.880. The summed E-state index contributed by atoms with van der Waals surface area (Å²) in [6.07, 6.45) is 0. The number of fused-ring (bicyclic) bond motifs is 1. The number of rotatable bonds is 1. The van der Waals surface area contributed by atoms with Crippen LogP contribution in [-0.2, 0) is 5.79 Å². The van der Waals surface area contributed by atoms with Gasteiger partial charge in [-0.1, -0.05) is 12.1 Å². The Labute approximate surface area is 123 Å². The fraction of sp³-hybridized carbons (Fsp3) is 0.133. The molecule has 0 fully saturated rings. The molecule has 0 N–H and O–H groups in total. The topological polar surface area (TPSA) is 42.2 Å². The number of ether oxygens (including phenoxy) is 2. The van der Waals surface area contributed by atoms with Gasteiger partial charge in [0.15, 0.2) is 11.5 Å². The van der Waals surface area contributed by atoms with Crippen molar-refractivity contribution in [2.45, 2.75) is 12.7 Å². The van der Waals surface area contributed by atoms with Crippen LogP contribution in [0.5, 0.6) is 11.5 Å². The maximum Gasteiger partial charge on any atom is 0.279 e. The molecule has 0 spiro atoms. The Morgan fingerprint density at radius 2 is 1.95 bits per heavy atom. The molecule has 0 radical (unpaired) electrons. The molecule has 0 aliphatic carbocycles. The van der Waals surface area contributed by atoms with Crippen molar-refractivity contribution < 1.29 is 13.9 Å². The SMILES string of the molecule is CC1(c2c(F)cccc2C#N)Oc2cccc(Br)c2O1. The van der Waals surface area contributed by atoms with Gasteiger partial charge >= 0.3 is 0 Å². The van der Waals surface area contributed by atoms with Gasteiger partial charge in [-0.05, 0) is 40.2 Å². The van der Waals surface area contributed by atoms with E-state index < -0.39 is 11.6 Å². The molecule has 1 aliphatic heterocycles. The highest BCUT2D eigenvalue weighted by molar-refractivity contribution is 9.10. The van der Waals surface area contributed by atoms with Crippen molar-refractivity contribution in [2.75, 3.05) is 0 Å². The number of nitriles is 1. The first-order chi connectivity index (χ1) is 9.55. The minimum absolute atomic E-state index is 0.102. The second-order valence-corrected chi connectivity index (χ2v) is 5.35. The number of benzene rings is 2. The van der Waals surface area contributed by atoms with Crippen LogP contribution in [0.25, 0.3) is 0 Å². The molecule has 3 rings (SSSR count). The van der Waals surface area contributed by atoms with Crippen LogP contribution in [0.3, 0.4) is 0 Å². The van der Waals surface area contributed by atoms with Gasteiger partial charge in [-0.3, -0.25) is 0 Å². The number of nitrogens with zero attached hydrogens (tertiary/aromatic N) is 1. The third kappa shape index (κ3) is 1.84. The second-order valence-electron chi connectivity index (χ2n) is 4.49. The van der Waals surface area contributed by atoms with Gasteiger partial charge in [0.1, 0.15) is 5.82 Å². The van der Waals surface area contributed by atoms with Crippen LogP contribution in [0, 0.1) is 17.1 Å². The zero-order valence-electron chi connectivity index (χ0n) is 10.5. The Morgan fingerprint density at radius 3 is 2.65 bits per heavy atom. The average Bonchev–Trinajstić information content (AvgIpc) is 2.77. The van der Waals surface area contributed by atoms with Crippen LogP contribution in [-0.4, -0.2) is 0 Å². The maximum atomic E-state index is 14.1. The van der Waals surface area contributed by atoms with Crippen LogP contribution >= 0.6 is 15.9 Å². The molecule has 1 heterocycles. The molecule has 5 heteroatoms. The van der Waals surface area contributed by atoms with Gasteiger partial charge in [0.2, 0.25) is 0 Å². The fourth-order valence-electron chi connectivity index (χ4n) is 2.27. The molecule has 0 saturated heterocycles. The van der Waals surface area contributed by atoms with E-state index in [1.807, 2.05) is 6.07 Å². The molecule has 2 aromatic carbocycles. The molecule has 0 bridgehead atoms. The molecular formula is C15H9BrFNO2. The summed E-state index contributed by atoms with van der Waals surface area (Å²) in [4.78, 5) is 0. The summed E-state index contributed by atoms with van der Waals surface area (Å²) >= 11 is 3.36. The van der Waals surface area contributed by atoms with E-state index in [4.69, 9.17) is 14.7 Å². The van der Waals surface area contributed by atoms with E-state index in [9.17, 15) is 4.39 Å². The van der Waals surface area contributed by atoms with Crippen molar-refractivity contribution in [2.24, 2.45) is 0 Å². The Balaban J connectivity index is 2.15. The molecule has 100 valence electrons. The molecule has 3 nitrogen and oxygen atoms in total. The largest absolute Gasteiger partial charge is 0.444 e. The van der Waals surface area contributed by atoms with E-state index in [0.29, 0.717) is 16.0 Å². The first-order valence-corrected chi connectivity index (χ1v) is 6.70. The third-order valence-electron chi connectivity index (χ3n) is 3.12. The number of halogens is 2. The van der Waals surface area contributed by atoms with Crippen molar-refractivity contribution in [3.05, 3.63) is 57.8 Å². The first kappa shape index (κ1) is 12.9. The minimum atomic E-state index is -1.36. The van der Waals surface area contributed by atoms with E-state index in [1.165, 1.54) is 18.2 Å². The van der Waals surface area contributed by atoms with Gasteiger partial charge in [0.05, 0.1) is 21.7 Å². The molecule has 1 unspecified atom stereocenters. The highest BCUT2D eigenvalue weighted by Crippen LogP contribution is 2.48. The smallest absolute Gasteiger partial charge is 0.279 e. The third-order valence-corrected chi connectivity index (χ3v) is 3.75. The van der Waals surface area contributed by atoms with Gasteiger partial charge in [-0.25, -0.2) is 4.39 Å². The predicted molar refractivity (Wildman–Crippen MR) is 73.9 cm³/mol. The summed E-state index contributed by atoms with van der Waals surface area (Å²) < 4.78 is 26.4. The number of hydrogen-bond acceptors (Lipinski definition) is 3. The highest BCUT2D eigenvalue weighted by atomic mass is 79.9. The van der Waals surface area contributed by atoms with E-state index >= 15 is 0 Å². The highest BCUT2D eigenvalue weighted by Gasteiger charge is 2.43. The Kier molecular flexibility index (Phi) is 2.91. The molecule has 2 aromatic rings. The van der Waals surface area contributed by atoms with Crippen molar-refractivity contribution in [1.29, 1.82) is 5.26 Å². The van der Waals surface area contributed by atoms with E-state index in [0.717, 1.165) is 0 Å². The molecular weight excluding hydrogens is 325 g/mol. The maximum absolute atomic E-state index is 14.1. The van der Waals surface area contributed by atoms with Crippen LogP contribution < -0.4 is 9.47 Å². The zero-order chi connectivity index (χ0) is 14.3. The fourth-order valence-corrected chi connectivity index (χ4v) is 2.70. The quantitative estimate of drug-likeness (QED) is 0.788. The van der Waals surface area contributed by atoms with E-state index in [1.54, 1.807) is 25.1 Å². The van der Waals surface area contributed by atoms with Gasteiger partial charge in [-0.2, -0.15) is 5.26 Å². The molecule has 0 amide bonds.